The van der Waals surface area contributed by atoms with Crippen LogP contribution in [0.2, 0.25) is 0 Å². The van der Waals surface area contributed by atoms with Gasteiger partial charge in [-0.2, -0.15) is 0 Å². The summed E-state index contributed by atoms with van der Waals surface area (Å²) in [7, 11) is -3.69. The number of nitrogens with one attached hydrogen (secondary N) is 2. The normalized spacial score (nSPS) is 20.2. The molecule has 9 nitrogen and oxygen atoms in total. The van der Waals surface area contributed by atoms with Crippen LogP contribution < -0.4 is 24.6 Å². The molecule has 0 radical (unpaired) electrons. The Morgan fingerprint density at radius 1 is 1.02 bits per heavy atom. The van der Waals surface area contributed by atoms with Crippen molar-refractivity contribution in [3.63, 3.8) is 0 Å². The van der Waals surface area contributed by atoms with E-state index < -0.39 is 22.8 Å². The minimum atomic E-state index is -3.69. The van der Waals surface area contributed by atoms with Gasteiger partial charge in [0.15, 0.2) is 0 Å². The molecule has 1 aliphatic carbocycles. The van der Waals surface area contributed by atoms with Crippen LogP contribution >= 0.6 is 0 Å². The first-order valence-corrected chi connectivity index (χ1v) is 15.9. The first-order valence-electron chi connectivity index (χ1n) is 14.2. The van der Waals surface area contributed by atoms with Crippen molar-refractivity contribution >= 4 is 38.7 Å². The van der Waals surface area contributed by atoms with Gasteiger partial charge in [-0.25, -0.2) is 12.8 Å². The largest absolute Gasteiger partial charge is 0.491 e. The topological polar surface area (TPSA) is 111 Å². The second kappa shape index (κ2) is 10.7. The summed E-state index contributed by atoms with van der Waals surface area (Å²) in [5.41, 5.74) is 4.55. The highest BCUT2D eigenvalue weighted by atomic mass is 32.2. The number of nitrogens with zero attached hydrogens (tertiary/aromatic N) is 2. The van der Waals surface area contributed by atoms with Gasteiger partial charge in [0.25, 0.3) is 5.91 Å². The summed E-state index contributed by atoms with van der Waals surface area (Å²) >= 11 is 0. The molecule has 216 valence electrons. The maximum Gasteiger partial charge on any atom is 0.255 e. The summed E-state index contributed by atoms with van der Waals surface area (Å²) < 4.78 is 46.9. The second-order valence-electron chi connectivity index (χ2n) is 11.6. The number of hydrogen-bond donors (Lipinski definition) is 3. The second-order valence-corrected chi connectivity index (χ2v) is 13.4. The van der Waals surface area contributed by atoms with Crippen molar-refractivity contribution in [3.8, 4) is 5.75 Å². The van der Waals surface area contributed by atoms with E-state index in [1.807, 2.05) is 12.1 Å². The Kier molecular flexibility index (Phi) is 7.28. The minimum Gasteiger partial charge on any atom is -0.491 e. The predicted octanol–water partition coefficient (Wildman–Crippen LogP) is 3.93. The first kappa shape index (κ1) is 27.1. The number of halogens is 1. The molecule has 0 atom stereocenters. The van der Waals surface area contributed by atoms with E-state index in [0.29, 0.717) is 61.3 Å². The summed E-state index contributed by atoms with van der Waals surface area (Å²) in [4.78, 5) is 18.0. The molecule has 3 N–H and O–H groups in total. The van der Waals surface area contributed by atoms with Crippen LogP contribution in [0.3, 0.4) is 0 Å². The number of anilines is 4. The summed E-state index contributed by atoms with van der Waals surface area (Å²) in [6, 6.07) is 8.83. The standard InChI is InChI=1S/C29H37FN4O5S/c30-22-3-10-33(11-4-22)26-18-21(17-20-5-15-39-27(20)26)28(36)31-24-2-1-23(32-40(37,38)16-14-35)19-25(24)34-12-8-29(6-7-29)9-13-34/h1-2,17-19,22,32,35H,3-16H2,(H,31,36). The van der Waals surface area contributed by atoms with Crippen LogP contribution in [-0.2, 0) is 16.4 Å². The summed E-state index contributed by atoms with van der Waals surface area (Å²) in [5.74, 6) is 0.138. The molecule has 3 heterocycles. The van der Waals surface area contributed by atoms with Crippen molar-refractivity contribution in [1.82, 2.24) is 0 Å². The number of alkyl halides is 1. The maximum atomic E-state index is 13.8. The molecule has 1 saturated carbocycles. The highest BCUT2D eigenvalue weighted by Gasteiger charge is 2.44. The van der Waals surface area contributed by atoms with Gasteiger partial charge in [0.05, 0.1) is 41.7 Å². The average molecular weight is 573 g/mol. The van der Waals surface area contributed by atoms with E-state index in [2.05, 4.69) is 19.8 Å². The number of rotatable bonds is 8. The van der Waals surface area contributed by atoms with E-state index in [0.717, 1.165) is 48.6 Å². The van der Waals surface area contributed by atoms with Gasteiger partial charge < -0.3 is 25.0 Å². The molecule has 6 rings (SSSR count). The van der Waals surface area contributed by atoms with Crippen molar-refractivity contribution in [2.75, 3.05) is 65.0 Å². The number of hydrogen-bond acceptors (Lipinski definition) is 7. The van der Waals surface area contributed by atoms with Crippen molar-refractivity contribution in [2.45, 2.75) is 51.1 Å². The zero-order valence-corrected chi connectivity index (χ0v) is 23.4. The number of aliphatic hydroxyl groups excluding tert-OH is 1. The quantitative estimate of drug-likeness (QED) is 0.440. The van der Waals surface area contributed by atoms with Crippen LogP contribution in [0.5, 0.6) is 5.75 Å². The van der Waals surface area contributed by atoms with Gasteiger partial charge in [0.1, 0.15) is 11.9 Å². The van der Waals surface area contributed by atoms with Crippen molar-refractivity contribution in [2.24, 2.45) is 5.41 Å². The van der Waals surface area contributed by atoms with Gasteiger partial charge in [-0.05, 0) is 74.3 Å². The lowest BCUT2D eigenvalue weighted by molar-refractivity contribution is 0.102. The van der Waals surface area contributed by atoms with Crippen LogP contribution in [0.25, 0.3) is 0 Å². The number of aliphatic hydroxyl groups is 1. The molecule has 0 aromatic heterocycles. The Bertz CT molecular complexity index is 1380. The van der Waals surface area contributed by atoms with Gasteiger partial charge >= 0.3 is 0 Å². The molecule has 3 fully saturated rings. The summed E-state index contributed by atoms with van der Waals surface area (Å²) in [6.07, 6.45) is 5.51. The van der Waals surface area contributed by atoms with E-state index in [1.165, 1.54) is 12.8 Å². The zero-order valence-electron chi connectivity index (χ0n) is 22.6. The Morgan fingerprint density at radius 3 is 2.45 bits per heavy atom. The van der Waals surface area contributed by atoms with Crippen molar-refractivity contribution in [3.05, 3.63) is 41.5 Å². The van der Waals surface area contributed by atoms with Crippen LogP contribution in [-0.4, -0.2) is 70.7 Å². The molecule has 1 spiro atoms. The molecular weight excluding hydrogens is 535 g/mol. The van der Waals surface area contributed by atoms with Crippen LogP contribution in [0, 0.1) is 5.41 Å². The number of carbonyl (C=O) groups is 1. The van der Waals surface area contributed by atoms with E-state index in [9.17, 15) is 17.6 Å². The number of amides is 1. The van der Waals surface area contributed by atoms with Crippen molar-refractivity contribution in [1.29, 1.82) is 0 Å². The van der Waals surface area contributed by atoms with Gasteiger partial charge in [-0.15, -0.1) is 0 Å². The van der Waals surface area contributed by atoms with Gasteiger partial charge in [0.2, 0.25) is 10.0 Å². The van der Waals surface area contributed by atoms with Crippen LogP contribution in [0.1, 0.15) is 54.4 Å². The molecule has 2 aromatic carbocycles. The molecule has 2 saturated heterocycles. The Labute approximate surface area is 234 Å². The van der Waals surface area contributed by atoms with Crippen LogP contribution in [0.4, 0.5) is 27.1 Å². The SMILES string of the molecule is O=C(Nc1ccc(NS(=O)(=O)CCO)cc1N1CCC2(CC1)CC2)c1cc2c(c(N3CCC(F)CC3)c1)OCC2. The molecule has 2 aromatic rings. The van der Waals surface area contributed by atoms with E-state index in [-0.39, 0.29) is 11.7 Å². The average Bonchev–Trinajstić information content (AvgIpc) is 3.50. The fourth-order valence-corrected chi connectivity index (χ4v) is 6.98. The summed E-state index contributed by atoms with van der Waals surface area (Å²) in [6.45, 7) is 2.92. The molecular formula is C29H37FN4O5S. The number of fused-ring (bicyclic) bond motifs is 1. The molecule has 1 amide bonds. The van der Waals surface area contributed by atoms with Gasteiger partial charge in [0, 0.05) is 43.7 Å². The highest BCUT2D eigenvalue weighted by molar-refractivity contribution is 7.92. The lowest BCUT2D eigenvalue weighted by Gasteiger charge is -2.35. The van der Waals surface area contributed by atoms with E-state index in [1.54, 1.807) is 18.2 Å². The third kappa shape index (κ3) is 5.72. The molecule has 11 heteroatoms. The van der Waals surface area contributed by atoms with E-state index in [4.69, 9.17) is 9.84 Å². The number of sulfonamides is 1. The predicted molar refractivity (Wildman–Crippen MR) is 154 cm³/mol. The Hall–Kier alpha value is -3.05. The molecule has 40 heavy (non-hydrogen) atoms. The smallest absolute Gasteiger partial charge is 0.255 e. The number of carbonyl (C=O) groups excluding carboxylic acids is 1. The maximum absolute atomic E-state index is 13.8. The number of ether oxygens (including phenoxy) is 1. The number of piperidine rings is 2. The molecule has 4 aliphatic rings. The minimum absolute atomic E-state index is 0.262. The fourth-order valence-electron chi connectivity index (χ4n) is 6.15. The van der Waals surface area contributed by atoms with E-state index >= 15 is 0 Å². The Balaban J connectivity index is 1.28. The third-order valence-electron chi connectivity index (χ3n) is 8.79. The highest BCUT2D eigenvalue weighted by Crippen LogP contribution is 2.54. The van der Waals surface area contributed by atoms with Gasteiger partial charge in [-0.1, -0.05) is 0 Å². The zero-order chi connectivity index (χ0) is 27.9. The molecule has 0 bridgehead atoms. The molecule has 0 unspecified atom stereocenters. The fraction of sp³-hybridized carbons (Fsp3) is 0.552. The molecule has 3 aliphatic heterocycles. The Morgan fingerprint density at radius 2 is 1.75 bits per heavy atom. The van der Waals surface area contributed by atoms with Crippen molar-refractivity contribution < 1.29 is 27.4 Å². The third-order valence-corrected chi connectivity index (χ3v) is 10.1. The lowest BCUT2D eigenvalue weighted by atomic mass is 9.93. The van der Waals surface area contributed by atoms with Crippen LogP contribution in [0.15, 0.2) is 30.3 Å². The number of benzene rings is 2. The first-order chi connectivity index (χ1) is 19.2. The lowest BCUT2D eigenvalue weighted by Crippen LogP contribution is -2.35. The van der Waals surface area contributed by atoms with Gasteiger partial charge in [-0.3, -0.25) is 9.52 Å². The summed E-state index contributed by atoms with van der Waals surface area (Å²) in [5, 5.41) is 12.2. The monoisotopic (exact) mass is 572 g/mol.